The average Bonchev–Trinajstić information content (AvgIpc) is 2.92. The highest BCUT2D eigenvalue weighted by atomic mass is 16.2. The second-order valence-corrected chi connectivity index (χ2v) is 8.31. The first-order valence-electron chi connectivity index (χ1n) is 9.89. The Morgan fingerprint density at radius 2 is 1.74 bits per heavy atom. The molecule has 2 bridgehead atoms. The molecule has 2 atom stereocenters. The summed E-state index contributed by atoms with van der Waals surface area (Å²) < 4.78 is 0. The van der Waals surface area contributed by atoms with Crippen LogP contribution in [0.3, 0.4) is 0 Å². The van der Waals surface area contributed by atoms with Gasteiger partial charge in [0.1, 0.15) is 5.70 Å². The van der Waals surface area contributed by atoms with E-state index in [4.69, 9.17) is 0 Å². The summed E-state index contributed by atoms with van der Waals surface area (Å²) in [4.78, 5) is 25.5. The van der Waals surface area contributed by atoms with Crippen LogP contribution in [0, 0.1) is 6.92 Å². The van der Waals surface area contributed by atoms with E-state index in [2.05, 4.69) is 21.3 Å². The van der Waals surface area contributed by atoms with Gasteiger partial charge < -0.3 is 21.3 Å². The third-order valence-electron chi connectivity index (χ3n) is 6.18. The van der Waals surface area contributed by atoms with E-state index < -0.39 is 0 Å². The van der Waals surface area contributed by atoms with Crippen molar-refractivity contribution >= 4 is 11.8 Å². The number of hydrogen-bond donors (Lipinski definition) is 4. The van der Waals surface area contributed by atoms with Gasteiger partial charge in [0, 0.05) is 35.9 Å². The SMILES string of the molecule is Cc1cccc(C(=O)NC23CCCC(NC(=O)C4=CNCCN4)(CC2)C3)c1. The number of aryl methyl sites for hydroxylation is 1. The molecule has 2 fully saturated rings. The van der Waals surface area contributed by atoms with Crippen molar-refractivity contribution in [3.8, 4) is 0 Å². The van der Waals surface area contributed by atoms with E-state index in [9.17, 15) is 9.59 Å². The third-order valence-corrected chi connectivity index (χ3v) is 6.18. The van der Waals surface area contributed by atoms with E-state index in [1.165, 1.54) is 0 Å². The molecule has 1 aromatic carbocycles. The monoisotopic (exact) mass is 368 g/mol. The van der Waals surface area contributed by atoms with Crippen LogP contribution in [0.2, 0.25) is 0 Å². The van der Waals surface area contributed by atoms with Crippen molar-refractivity contribution in [3.63, 3.8) is 0 Å². The molecule has 2 aliphatic carbocycles. The molecule has 4 rings (SSSR count). The number of amides is 2. The fourth-order valence-electron chi connectivity index (χ4n) is 4.88. The predicted molar refractivity (Wildman–Crippen MR) is 104 cm³/mol. The Bertz CT molecular complexity index is 790. The van der Waals surface area contributed by atoms with Gasteiger partial charge in [-0.15, -0.1) is 0 Å². The Labute approximate surface area is 160 Å². The van der Waals surface area contributed by atoms with Gasteiger partial charge in [0.2, 0.25) is 0 Å². The maximum absolute atomic E-state index is 12.8. The van der Waals surface area contributed by atoms with Crippen molar-refractivity contribution in [3.05, 3.63) is 47.3 Å². The van der Waals surface area contributed by atoms with Crippen molar-refractivity contribution in [2.45, 2.75) is 56.5 Å². The number of hydrogen-bond acceptors (Lipinski definition) is 4. The van der Waals surface area contributed by atoms with Crippen molar-refractivity contribution < 1.29 is 9.59 Å². The number of benzene rings is 1. The normalized spacial score (nSPS) is 29.1. The van der Waals surface area contributed by atoms with E-state index in [1.807, 2.05) is 31.2 Å². The van der Waals surface area contributed by atoms with Gasteiger partial charge >= 0.3 is 0 Å². The molecule has 2 unspecified atom stereocenters. The fourth-order valence-corrected chi connectivity index (χ4v) is 4.88. The van der Waals surface area contributed by atoms with Gasteiger partial charge in [-0.1, -0.05) is 17.7 Å². The lowest BCUT2D eigenvalue weighted by molar-refractivity contribution is -0.120. The Kier molecular flexibility index (Phi) is 4.58. The molecule has 3 aliphatic rings. The van der Waals surface area contributed by atoms with E-state index >= 15 is 0 Å². The van der Waals surface area contributed by atoms with Gasteiger partial charge in [-0.2, -0.15) is 0 Å². The van der Waals surface area contributed by atoms with E-state index in [0.717, 1.165) is 57.2 Å². The van der Waals surface area contributed by atoms with Crippen LogP contribution in [0.5, 0.6) is 0 Å². The maximum Gasteiger partial charge on any atom is 0.269 e. The average molecular weight is 368 g/mol. The standard InChI is InChI=1S/C21H28N4O2/c1-15-4-2-5-16(12-15)18(26)24-20-6-3-7-21(14-20,9-8-20)25-19(27)17-13-22-10-11-23-17/h2,4-5,12-13,22-23H,3,6-11,14H2,1H3,(H,24,26)(H,25,27). The first kappa shape index (κ1) is 17.9. The van der Waals surface area contributed by atoms with Crippen LogP contribution in [-0.4, -0.2) is 36.0 Å². The first-order valence-corrected chi connectivity index (χ1v) is 9.89. The first-order chi connectivity index (χ1) is 13.0. The molecule has 144 valence electrons. The topological polar surface area (TPSA) is 82.3 Å². The molecule has 1 heterocycles. The summed E-state index contributed by atoms with van der Waals surface area (Å²) in [7, 11) is 0. The second-order valence-electron chi connectivity index (χ2n) is 8.31. The number of carbonyl (C=O) groups is 2. The van der Waals surface area contributed by atoms with Crippen molar-refractivity contribution in [1.82, 2.24) is 21.3 Å². The zero-order valence-electron chi connectivity index (χ0n) is 15.9. The van der Waals surface area contributed by atoms with Gasteiger partial charge in [-0.25, -0.2) is 0 Å². The van der Waals surface area contributed by atoms with Crippen LogP contribution in [0.4, 0.5) is 0 Å². The van der Waals surface area contributed by atoms with E-state index in [0.29, 0.717) is 11.3 Å². The lowest BCUT2D eigenvalue weighted by Gasteiger charge is -2.40. The number of nitrogens with one attached hydrogen (secondary N) is 4. The zero-order valence-corrected chi connectivity index (χ0v) is 15.9. The van der Waals surface area contributed by atoms with Crippen LogP contribution in [0.1, 0.15) is 54.4 Å². The van der Waals surface area contributed by atoms with Crippen molar-refractivity contribution in [2.24, 2.45) is 0 Å². The lowest BCUT2D eigenvalue weighted by Crippen LogP contribution is -2.56. The molecule has 6 heteroatoms. The highest BCUT2D eigenvalue weighted by Crippen LogP contribution is 2.48. The van der Waals surface area contributed by atoms with Crippen molar-refractivity contribution in [2.75, 3.05) is 13.1 Å². The van der Waals surface area contributed by atoms with Gasteiger partial charge in [0.15, 0.2) is 0 Å². The van der Waals surface area contributed by atoms with Crippen LogP contribution in [0.25, 0.3) is 0 Å². The van der Waals surface area contributed by atoms with Gasteiger partial charge in [-0.05, 0) is 57.6 Å². The Balaban J connectivity index is 1.45. The lowest BCUT2D eigenvalue weighted by atomic mass is 9.78. The number of fused-ring (bicyclic) bond motifs is 2. The van der Waals surface area contributed by atoms with Crippen LogP contribution in [0.15, 0.2) is 36.2 Å². The molecule has 27 heavy (non-hydrogen) atoms. The molecule has 4 N–H and O–H groups in total. The Morgan fingerprint density at radius 3 is 2.41 bits per heavy atom. The maximum atomic E-state index is 12.8. The number of carbonyl (C=O) groups excluding carboxylic acids is 2. The van der Waals surface area contributed by atoms with Crippen molar-refractivity contribution in [1.29, 1.82) is 0 Å². The van der Waals surface area contributed by atoms with Gasteiger partial charge in [0.25, 0.3) is 11.8 Å². The van der Waals surface area contributed by atoms with Gasteiger partial charge in [0.05, 0.1) is 0 Å². The molecule has 0 saturated heterocycles. The Hall–Kier alpha value is -2.50. The zero-order chi connectivity index (χ0) is 18.9. The highest BCUT2D eigenvalue weighted by Gasteiger charge is 2.52. The minimum absolute atomic E-state index is 0.0106. The van der Waals surface area contributed by atoms with E-state index in [-0.39, 0.29) is 22.9 Å². The molecular formula is C21H28N4O2. The van der Waals surface area contributed by atoms with Gasteiger partial charge in [-0.3, -0.25) is 9.59 Å². The third kappa shape index (κ3) is 3.66. The summed E-state index contributed by atoms with van der Waals surface area (Å²) in [5.74, 6) is -0.0616. The van der Waals surface area contributed by atoms with Crippen LogP contribution in [-0.2, 0) is 4.79 Å². The molecule has 2 saturated carbocycles. The smallest absolute Gasteiger partial charge is 0.269 e. The molecule has 1 aliphatic heterocycles. The molecule has 1 aromatic rings. The molecule has 0 aromatic heterocycles. The molecular weight excluding hydrogens is 340 g/mol. The fraction of sp³-hybridized carbons (Fsp3) is 0.524. The minimum atomic E-state index is -0.213. The molecule has 6 nitrogen and oxygen atoms in total. The summed E-state index contributed by atoms with van der Waals surface area (Å²) in [5, 5.41) is 12.8. The molecule has 0 spiro atoms. The Morgan fingerprint density at radius 1 is 1.00 bits per heavy atom. The minimum Gasteiger partial charge on any atom is -0.387 e. The quantitative estimate of drug-likeness (QED) is 0.652. The largest absolute Gasteiger partial charge is 0.387 e. The molecule has 0 radical (unpaired) electrons. The highest BCUT2D eigenvalue weighted by molar-refractivity contribution is 5.95. The van der Waals surface area contributed by atoms with Crippen LogP contribution >= 0.6 is 0 Å². The summed E-state index contributed by atoms with van der Waals surface area (Å²) in [6.07, 6.45) is 7.35. The van der Waals surface area contributed by atoms with E-state index in [1.54, 1.807) is 6.20 Å². The number of rotatable bonds is 4. The summed E-state index contributed by atoms with van der Waals surface area (Å²) in [5.41, 5.74) is 1.97. The molecule has 2 amide bonds. The summed E-state index contributed by atoms with van der Waals surface area (Å²) in [6.45, 7) is 3.58. The summed E-state index contributed by atoms with van der Waals surface area (Å²) >= 11 is 0. The predicted octanol–water partition coefficient (Wildman–Crippen LogP) is 1.72. The summed E-state index contributed by atoms with van der Waals surface area (Å²) in [6, 6.07) is 7.70. The van der Waals surface area contributed by atoms with Crippen LogP contribution < -0.4 is 21.3 Å². The second kappa shape index (κ2) is 6.91.